The number of nitrogens with one attached hydrogen (secondary N) is 1. The van der Waals surface area contributed by atoms with Crippen molar-refractivity contribution in [2.75, 3.05) is 10.2 Å². The second kappa shape index (κ2) is 8.96. The summed E-state index contributed by atoms with van der Waals surface area (Å²) in [5.41, 5.74) is 0.534. The van der Waals surface area contributed by atoms with Crippen LogP contribution in [0.1, 0.15) is 12.5 Å². The smallest absolute Gasteiger partial charge is 0.229 e. The summed E-state index contributed by atoms with van der Waals surface area (Å²) in [5.74, 6) is -3.31. The van der Waals surface area contributed by atoms with Crippen LogP contribution in [0.25, 0.3) is 0 Å². The fourth-order valence-corrected chi connectivity index (χ4v) is 3.02. The van der Waals surface area contributed by atoms with Gasteiger partial charge < -0.3 is 5.32 Å². The molecule has 3 aromatic rings. The van der Waals surface area contributed by atoms with Gasteiger partial charge in [0.25, 0.3) is 0 Å². The van der Waals surface area contributed by atoms with E-state index < -0.39 is 29.3 Å². The number of nitrogens with zero attached hydrogens (tertiary/aromatic N) is 2. The number of halogens is 4. The number of hydrogen-bond donors (Lipinski definition) is 1. The van der Waals surface area contributed by atoms with Crippen LogP contribution < -0.4 is 10.2 Å². The van der Waals surface area contributed by atoms with Crippen LogP contribution in [0.15, 0.2) is 54.7 Å². The van der Waals surface area contributed by atoms with Crippen molar-refractivity contribution in [1.29, 1.82) is 0 Å². The first-order valence-electron chi connectivity index (χ1n) is 8.70. The number of amides is 2. The van der Waals surface area contributed by atoms with Gasteiger partial charge in [-0.25, -0.2) is 18.2 Å². The van der Waals surface area contributed by atoms with Gasteiger partial charge in [-0.15, -0.1) is 0 Å². The van der Waals surface area contributed by atoms with Crippen LogP contribution in [-0.4, -0.2) is 16.8 Å². The maximum Gasteiger partial charge on any atom is 0.229 e. The number of rotatable bonds is 5. The highest BCUT2D eigenvalue weighted by Crippen LogP contribution is 2.27. The van der Waals surface area contributed by atoms with Gasteiger partial charge in [0.05, 0.1) is 17.1 Å². The number of pyridine rings is 1. The Bertz CT molecular complexity index is 1100. The molecule has 1 aromatic heterocycles. The van der Waals surface area contributed by atoms with Crippen molar-refractivity contribution in [3.8, 4) is 0 Å². The van der Waals surface area contributed by atoms with Crippen molar-refractivity contribution >= 4 is 40.6 Å². The molecule has 5 nitrogen and oxygen atoms in total. The summed E-state index contributed by atoms with van der Waals surface area (Å²) in [6, 6.07) is 9.66. The summed E-state index contributed by atoms with van der Waals surface area (Å²) < 4.78 is 40.7. The lowest BCUT2D eigenvalue weighted by atomic mass is 10.1. The lowest BCUT2D eigenvalue weighted by Crippen LogP contribution is -2.24. The molecule has 1 heterocycles. The fraction of sp³-hybridized carbons (Fsp3) is 0.0952. The zero-order valence-electron chi connectivity index (χ0n) is 15.6. The molecule has 0 bridgehead atoms. The van der Waals surface area contributed by atoms with E-state index in [1.165, 1.54) is 43.5 Å². The fourth-order valence-electron chi connectivity index (χ4n) is 2.83. The SMILES string of the molecule is CC(=O)N(c1cc(F)cc(F)c1)c1cc(NC(=O)Cc2cccc(F)c2Cl)ccn1. The van der Waals surface area contributed by atoms with E-state index in [4.69, 9.17) is 11.6 Å². The summed E-state index contributed by atoms with van der Waals surface area (Å²) in [6.45, 7) is 1.21. The van der Waals surface area contributed by atoms with Crippen LogP contribution in [0, 0.1) is 17.5 Å². The Kier molecular flexibility index (Phi) is 6.37. The molecule has 0 saturated carbocycles. The van der Waals surface area contributed by atoms with E-state index >= 15 is 0 Å². The third-order valence-corrected chi connectivity index (χ3v) is 4.48. The Morgan fingerprint density at radius 2 is 1.77 bits per heavy atom. The highest BCUT2D eigenvalue weighted by atomic mass is 35.5. The molecular formula is C21H15ClF3N3O2. The molecule has 1 N–H and O–H groups in total. The van der Waals surface area contributed by atoms with Gasteiger partial charge in [0, 0.05) is 30.9 Å². The number of benzene rings is 2. The second-order valence-corrected chi connectivity index (χ2v) is 6.70. The number of anilines is 3. The maximum atomic E-state index is 13.6. The molecule has 0 radical (unpaired) electrons. The van der Waals surface area contributed by atoms with Gasteiger partial charge in [0.15, 0.2) is 0 Å². The normalized spacial score (nSPS) is 10.6. The van der Waals surface area contributed by atoms with E-state index in [2.05, 4.69) is 10.3 Å². The van der Waals surface area contributed by atoms with Gasteiger partial charge in [-0.1, -0.05) is 23.7 Å². The molecule has 0 unspecified atom stereocenters. The van der Waals surface area contributed by atoms with Crippen LogP contribution in [0.4, 0.5) is 30.4 Å². The Balaban J connectivity index is 1.84. The molecule has 2 amide bonds. The number of carbonyl (C=O) groups is 2. The van der Waals surface area contributed by atoms with Gasteiger partial charge in [0.2, 0.25) is 11.8 Å². The monoisotopic (exact) mass is 433 g/mol. The number of hydrogen-bond acceptors (Lipinski definition) is 3. The van der Waals surface area contributed by atoms with Gasteiger partial charge in [-0.2, -0.15) is 0 Å². The van der Waals surface area contributed by atoms with E-state index in [9.17, 15) is 22.8 Å². The average molecular weight is 434 g/mol. The standard InChI is InChI=1S/C21H15ClF3N3O2/c1-12(29)28(17-9-14(23)8-15(24)10-17)19-11-16(5-6-26-19)27-20(30)7-13-3-2-4-18(25)21(13)22/h2-6,8-11H,7H2,1H3,(H,26,27,30). The quantitative estimate of drug-likeness (QED) is 0.614. The zero-order chi connectivity index (χ0) is 21.8. The third kappa shape index (κ3) is 4.96. The molecular weight excluding hydrogens is 419 g/mol. The molecule has 2 aromatic carbocycles. The number of carbonyl (C=O) groups excluding carboxylic acids is 2. The molecule has 9 heteroatoms. The van der Waals surface area contributed by atoms with Crippen molar-refractivity contribution in [1.82, 2.24) is 4.98 Å². The molecule has 154 valence electrons. The first-order valence-corrected chi connectivity index (χ1v) is 9.08. The topological polar surface area (TPSA) is 62.3 Å². The minimum Gasteiger partial charge on any atom is -0.326 e. The minimum absolute atomic E-state index is 0.0501. The van der Waals surface area contributed by atoms with Crippen LogP contribution in [-0.2, 0) is 16.0 Å². The highest BCUT2D eigenvalue weighted by molar-refractivity contribution is 6.31. The first-order chi connectivity index (χ1) is 14.2. The molecule has 0 spiro atoms. The first kappa shape index (κ1) is 21.3. The Hall–Kier alpha value is -3.39. The van der Waals surface area contributed by atoms with Gasteiger partial charge >= 0.3 is 0 Å². The van der Waals surface area contributed by atoms with E-state index in [-0.39, 0.29) is 28.6 Å². The highest BCUT2D eigenvalue weighted by Gasteiger charge is 2.18. The second-order valence-electron chi connectivity index (χ2n) is 6.32. The Morgan fingerprint density at radius 3 is 2.43 bits per heavy atom. The van der Waals surface area contributed by atoms with Crippen molar-refractivity contribution in [2.24, 2.45) is 0 Å². The van der Waals surface area contributed by atoms with E-state index in [0.717, 1.165) is 17.0 Å². The predicted octanol–water partition coefficient (Wildman–Crippen LogP) is 5.02. The predicted molar refractivity (Wildman–Crippen MR) is 107 cm³/mol. The molecule has 0 atom stereocenters. The van der Waals surface area contributed by atoms with Crippen molar-refractivity contribution in [3.63, 3.8) is 0 Å². The van der Waals surface area contributed by atoms with Crippen LogP contribution in [0.5, 0.6) is 0 Å². The lowest BCUT2D eigenvalue weighted by molar-refractivity contribution is -0.116. The minimum atomic E-state index is -0.854. The molecule has 3 rings (SSSR count). The van der Waals surface area contributed by atoms with Crippen molar-refractivity contribution in [2.45, 2.75) is 13.3 Å². The van der Waals surface area contributed by atoms with E-state index in [0.29, 0.717) is 11.6 Å². The largest absolute Gasteiger partial charge is 0.326 e. The molecule has 0 saturated heterocycles. The average Bonchev–Trinajstić information content (AvgIpc) is 2.65. The third-order valence-electron chi connectivity index (χ3n) is 4.06. The van der Waals surface area contributed by atoms with Crippen LogP contribution >= 0.6 is 11.6 Å². The van der Waals surface area contributed by atoms with E-state index in [1.807, 2.05) is 0 Å². The summed E-state index contributed by atoms with van der Waals surface area (Å²) in [4.78, 5) is 29.5. The molecule has 30 heavy (non-hydrogen) atoms. The summed E-state index contributed by atoms with van der Waals surface area (Å²) in [5, 5.41) is 2.46. The van der Waals surface area contributed by atoms with Crippen LogP contribution in [0.3, 0.4) is 0 Å². The zero-order valence-corrected chi connectivity index (χ0v) is 16.4. The summed E-state index contributed by atoms with van der Waals surface area (Å²) >= 11 is 5.86. The molecule has 0 aliphatic carbocycles. The molecule has 0 fully saturated rings. The van der Waals surface area contributed by atoms with Crippen molar-refractivity contribution in [3.05, 3.63) is 82.8 Å². The number of aromatic nitrogens is 1. The maximum absolute atomic E-state index is 13.6. The van der Waals surface area contributed by atoms with Crippen LogP contribution in [0.2, 0.25) is 5.02 Å². The van der Waals surface area contributed by atoms with Gasteiger partial charge in [-0.3, -0.25) is 14.5 Å². The Labute approximate surface area is 175 Å². The van der Waals surface area contributed by atoms with E-state index in [1.54, 1.807) is 0 Å². The van der Waals surface area contributed by atoms with Gasteiger partial charge in [0.1, 0.15) is 23.3 Å². The van der Waals surface area contributed by atoms with Crippen molar-refractivity contribution < 1.29 is 22.8 Å². The molecule has 0 aliphatic rings. The lowest BCUT2D eigenvalue weighted by Gasteiger charge is -2.21. The van der Waals surface area contributed by atoms with Gasteiger partial charge in [-0.05, 0) is 29.8 Å². The summed E-state index contributed by atoms with van der Waals surface area (Å²) in [7, 11) is 0. The summed E-state index contributed by atoms with van der Waals surface area (Å²) in [6.07, 6.45) is 1.14. The molecule has 0 aliphatic heterocycles. The Morgan fingerprint density at radius 1 is 1.07 bits per heavy atom.